The van der Waals surface area contributed by atoms with E-state index in [1.165, 1.54) is 29.2 Å². The van der Waals surface area contributed by atoms with Crippen molar-refractivity contribution in [3.05, 3.63) is 125 Å². The molecule has 0 saturated carbocycles. The molecule has 1 atom stereocenters. The summed E-state index contributed by atoms with van der Waals surface area (Å²) < 4.78 is 36.5. The lowest BCUT2D eigenvalue weighted by molar-refractivity contribution is -0.137. The van der Waals surface area contributed by atoms with Crippen LogP contribution in [0.25, 0.3) is 11.1 Å². The molecule has 0 aliphatic heterocycles. The number of aliphatic carboxylic acids is 1. The van der Waals surface area contributed by atoms with Gasteiger partial charge in [-0.3, -0.25) is 14.4 Å². The molecular weight excluding hydrogens is 585 g/mol. The van der Waals surface area contributed by atoms with Crippen LogP contribution in [-0.4, -0.2) is 49.3 Å². The first-order chi connectivity index (χ1) is 20.9. The number of rotatable bonds is 12. The van der Waals surface area contributed by atoms with Gasteiger partial charge in [0.15, 0.2) is 0 Å². The molecule has 9 nitrogen and oxygen atoms in total. The van der Waals surface area contributed by atoms with Crippen LogP contribution in [0.5, 0.6) is 0 Å². The number of sulfonamides is 1. The maximum Gasteiger partial charge on any atom is 0.305 e. The molecule has 0 spiro atoms. The van der Waals surface area contributed by atoms with Crippen molar-refractivity contribution < 1.29 is 32.3 Å². The highest BCUT2D eigenvalue weighted by Crippen LogP contribution is 2.29. The highest BCUT2D eigenvalue weighted by atomic mass is 32.2. The molecule has 4 N–H and O–H groups in total. The summed E-state index contributed by atoms with van der Waals surface area (Å²) in [6, 6.07) is 25.0. The highest BCUT2D eigenvalue weighted by molar-refractivity contribution is 7.89. The Morgan fingerprint density at radius 1 is 0.841 bits per heavy atom. The summed E-state index contributed by atoms with van der Waals surface area (Å²) in [5, 5.41) is 17.4. The molecule has 2 amide bonds. The second-order valence-corrected chi connectivity index (χ2v) is 11.8. The third kappa shape index (κ3) is 8.15. The molecule has 0 fully saturated rings. The fraction of sp³-hybridized carbons (Fsp3) is 0.182. The molecule has 4 rings (SSSR count). The summed E-state index contributed by atoms with van der Waals surface area (Å²) in [5.41, 5.74) is 3.08. The van der Waals surface area contributed by atoms with E-state index in [9.17, 15) is 32.3 Å². The summed E-state index contributed by atoms with van der Waals surface area (Å²) >= 11 is 0. The number of primary sulfonamides is 1. The van der Waals surface area contributed by atoms with Gasteiger partial charge in [-0.15, -0.1) is 0 Å². The summed E-state index contributed by atoms with van der Waals surface area (Å²) in [6.45, 7) is 1.88. The summed E-state index contributed by atoms with van der Waals surface area (Å²) in [6.07, 6.45) is 0.0528. The van der Waals surface area contributed by atoms with Gasteiger partial charge in [-0.25, -0.2) is 17.9 Å². The minimum absolute atomic E-state index is 0.0382. The van der Waals surface area contributed by atoms with E-state index >= 15 is 0 Å². The van der Waals surface area contributed by atoms with Gasteiger partial charge in [0.25, 0.3) is 11.8 Å². The Balaban J connectivity index is 1.61. The van der Waals surface area contributed by atoms with Gasteiger partial charge >= 0.3 is 5.97 Å². The lowest BCUT2D eigenvalue weighted by Crippen LogP contribution is -2.35. The van der Waals surface area contributed by atoms with Gasteiger partial charge in [-0.05, 0) is 72.0 Å². The fourth-order valence-electron chi connectivity index (χ4n) is 4.76. The van der Waals surface area contributed by atoms with Gasteiger partial charge in [0, 0.05) is 24.2 Å². The summed E-state index contributed by atoms with van der Waals surface area (Å²) in [7, 11) is -3.85. The van der Waals surface area contributed by atoms with Crippen LogP contribution in [0, 0.1) is 5.82 Å². The zero-order chi connectivity index (χ0) is 31.9. The molecular formula is C33H32FN3O6S. The van der Waals surface area contributed by atoms with Crippen molar-refractivity contribution in [2.45, 2.75) is 30.7 Å². The summed E-state index contributed by atoms with van der Waals surface area (Å²) in [4.78, 5) is 40.2. The minimum atomic E-state index is -3.85. The SMILES string of the molecule is CC(NC(=O)c1ccccc1-c1ccccc1C(=O)N(CCC(=O)O)CCc1ccc(S(N)(=O)=O)cc1)c1ccc(F)cc1. The first-order valence-corrected chi connectivity index (χ1v) is 15.4. The van der Waals surface area contributed by atoms with Crippen molar-refractivity contribution in [2.75, 3.05) is 13.1 Å². The van der Waals surface area contributed by atoms with Gasteiger partial charge in [0.1, 0.15) is 5.82 Å². The minimum Gasteiger partial charge on any atom is -0.481 e. The number of nitrogens with zero attached hydrogens (tertiary/aromatic N) is 1. The number of amides is 2. The second-order valence-electron chi connectivity index (χ2n) is 10.2. The van der Waals surface area contributed by atoms with Crippen LogP contribution in [0.15, 0.2) is 102 Å². The Kier molecular flexibility index (Phi) is 10.2. The third-order valence-electron chi connectivity index (χ3n) is 7.14. The molecule has 4 aromatic carbocycles. The molecule has 0 saturated heterocycles. The van der Waals surface area contributed by atoms with Crippen LogP contribution in [-0.2, 0) is 21.2 Å². The standard InChI is InChI=1S/C33H32FN3O6S/c1-22(24-12-14-25(34)15-13-24)36-32(40)29-8-4-2-6-27(29)28-7-3-5-9-30(28)33(41)37(21-19-31(38)39)20-18-23-10-16-26(17-11-23)44(35,42)43/h2-17,22H,18-21H2,1H3,(H,36,40)(H,38,39)(H2,35,42,43). The molecule has 0 aliphatic rings. The average molecular weight is 618 g/mol. The highest BCUT2D eigenvalue weighted by Gasteiger charge is 2.23. The maximum absolute atomic E-state index is 13.9. The van der Waals surface area contributed by atoms with Gasteiger partial charge < -0.3 is 15.3 Å². The number of halogens is 1. The number of carboxylic acid groups (broad SMARTS) is 1. The molecule has 0 radical (unpaired) electrons. The Labute approximate surface area is 255 Å². The zero-order valence-electron chi connectivity index (χ0n) is 23.9. The normalized spacial score (nSPS) is 11.9. The zero-order valence-corrected chi connectivity index (χ0v) is 24.8. The Bertz CT molecular complexity index is 1760. The van der Waals surface area contributed by atoms with Crippen molar-refractivity contribution in [3.63, 3.8) is 0 Å². The molecule has 0 bridgehead atoms. The van der Waals surface area contributed by atoms with E-state index in [0.717, 1.165) is 11.1 Å². The quantitative estimate of drug-likeness (QED) is 0.208. The Morgan fingerprint density at radius 3 is 2.00 bits per heavy atom. The third-order valence-corrected chi connectivity index (χ3v) is 8.07. The number of nitrogens with two attached hydrogens (primary N) is 1. The summed E-state index contributed by atoms with van der Waals surface area (Å²) in [5.74, 6) is -2.25. The van der Waals surface area contributed by atoms with Crippen molar-refractivity contribution >= 4 is 27.8 Å². The second kappa shape index (κ2) is 14.1. The Hall–Kier alpha value is -4.87. The van der Waals surface area contributed by atoms with Gasteiger partial charge in [0.05, 0.1) is 17.4 Å². The first kappa shape index (κ1) is 32.1. The Morgan fingerprint density at radius 2 is 1.41 bits per heavy atom. The van der Waals surface area contributed by atoms with E-state index in [-0.39, 0.29) is 41.7 Å². The van der Waals surface area contributed by atoms with Crippen molar-refractivity contribution in [1.82, 2.24) is 10.2 Å². The molecule has 0 heterocycles. The van der Waals surface area contributed by atoms with Crippen molar-refractivity contribution in [1.29, 1.82) is 0 Å². The average Bonchev–Trinajstić information content (AvgIpc) is 3.00. The van der Waals surface area contributed by atoms with E-state index in [1.807, 2.05) is 0 Å². The molecule has 0 aromatic heterocycles. The molecule has 4 aromatic rings. The number of carbonyl (C=O) groups is 3. The fourth-order valence-corrected chi connectivity index (χ4v) is 5.27. The van der Waals surface area contributed by atoms with E-state index < -0.39 is 27.9 Å². The van der Waals surface area contributed by atoms with Crippen molar-refractivity contribution in [3.8, 4) is 11.1 Å². The van der Waals surface area contributed by atoms with Gasteiger partial charge in [-0.1, -0.05) is 60.7 Å². The van der Waals surface area contributed by atoms with E-state index in [4.69, 9.17) is 5.14 Å². The van der Waals surface area contributed by atoms with E-state index in [0.29, 0.717) is 23.1 Å². The first-order valence-electron chi connectivity index (χ1n) is 13.8. The largest absolute Gasteiger partial charge is 0.481 e. The molecule has 11 heteroatoms. The predicted molar refractivity (Wildman–Crippen MR) is 164 cm³/mol. The van der Waals surface area contributed by atoms with Crippen LogP contribution in [0.3, 0.4) is 0 Å². The lowest BCUT2D eigenvalue weighted by atomic mass is 9.94. The lowest BCUT2D eigenvalue weighted by Gasteiger charge is -2.24. The van der Waals surface area contributed by atoms with Crippen LogP contribution in [0.1, 0.15) is 51.2 Å². The molecule has 1 unspecified atom stereocenters. The number of hydrogen-bond donors (Lipinski definition) is 3. The molecule has 228 valence electrons. The van der Waals surface area contributed by atoms with Gasteiger partial charge in [0.2, 0.25) is 10.0 Å². The monoisotopic (exact) mass is 617 g/mol. The van der Waals surface area contributed by atoms with Crippen molar-refractivity contribution in [2.24, 2.45) is 5.14 Å². The predicted octanol–water partition coefficient (Wildman–Crippen LogP) is 4.79. The number of carbonyl (C=O) groups excluding carboxylic acids is 2. The number of carboxylic acids is 1. The van der Waals surface area contributed by atoms with E-state index in [2.05, 4.69) is 5.32 Å². The maximum atomic E-state index is 13.9. The van der Waals surface area contributed by atoms with Crippen LogP contribution in [0.2, 0.25) is 0 Å². The molecule has 0 aliphatic carbocycles. The number of nitrogens with one attached hydrogen (secondary N) is 1. The molecule has 44 heavy (non-hydrogen) atoms. The van der Waals surface area contributed by atoms with Crippen LogP contribution in [0.4, 0.5) is 4.39 Å². The number of benzene rings is 4. The smallest absolute Gasteiger partial charge is 0.305 e. The van der Waals surface area contributed by atoms with Gasteiger partial charge in [-0.2, -0.15) is 0 Å². The van der Waals surface area contributed by atoms with E-state index in [1.54, 1.807) is 79.7 Å². The number of hydrogen-bond acceptors (Lipinski definition) is 5. The van der Waals surface area contributed by atoms with Crippen LogP contribution < -0.4 is 10.5 Å². The topological polar surface area (TPSA) is 147 Å². The van der Waals surface area contributed by atoms with Crippen LogP contribution >= 0.6 is 0 Å².